The molecule has 0 aliphatic rings. The maximum atomic E-state index is 2.41. The molecule has 11 aromatic carbocycles. The van der Waals surface area contributed by atoms with Crippen LogP contribution in [0.4, 0.5) is 17.1 Å². The highest BCUT2D eigenvalue weighted by Crippen LogP contribution is 2.42. The van der Waals surface area contributed by atoms with Crippen LogP contribution in [-0.4, -0.2) is 9.13 Å². The van der Waals surface area contributed by atoms with Crippen LogP contribution in [0.25, 0.3) is 99.5 Å². The van der Waals surface area contributed by atoms with Gasteiger partial charge in [0.25, 0.3) is 0 Å². The molecule has 0 unspecified atom stereocenters. The van der Waals surface area contributed by atoms with Gasteiger partial charge in [0.15, 0.2) is 0 Å². The van der Waals surface area contributed by atoms with Crippen molar-refractivity contribution in [1.29, 1.82) is 0 Å². The third kappa shape index (κ3) is 7.16. The van der Waals surface area contributed by atoms with E-state index < -0.39 is 0 Å². The van der Waals surface area contributed by atoms with Gasteiger partial charge in [0.05, 0.1) is 22.1 Å². The van der Waals surface area contributed by atoms with Crippen LogP contribution in [-0.2, 0) is 0 Å². The molecular weight excluding hydrogens is 835 g/mol. The Hall–Kier alpha value is -9.18. The SMILES string of the molecule is c1ccc(-c2cccc(-c3ccc4c(c3)c3cc(-c5ccc6c(c5)c5cc(-c7ccc(N(c8ccccc8)c8ccccc8)cc7)ccc5n6-c5ccccc5)ccc3n4-c3ccccc3)c2)cc1. The second kappa shape index (κ2) is 16.9. The van der Waals surface area contributed by atoms with Crippen LogP contribution in [0.3, 0.4) is 0 Å². The Morgan fingerprint density at radius 1 is 0.203 bits per heavy atom. The summed E-state index contributed by atoms with van der Waals surface area (Å²) in [5, 5.41) is 4.89. The molecule has 2 aromatic heterocycles. The van der Waals surface area contributed by atoms with E-state index in [4.69, 9.17) is 0 Å². The molecule has 0 saturated heterocycles. The Kier molecular flexibility index (Phi) is 9.84. The molecule has 3 nitrogen and oxygen atoms in total. The van der Waals surface area contributed by atoms with Crippen LogP contribution >= 0.6 is 0 Å². The van der Waals surface area contributed by atoms with Crippen molar-refractivity contribution in [2.75, 3.05) is 4.90 Å². The van der Waals surface area contributed by atoms with Crippen LogP contribution in [0, 0.1) is 0 Å². The molecule has 13 rings (SSSR count). The fourth-order valence-corrected chi connectivity index (χ4v) is 10.4. The Balaban J connectivity index is 0.944. The molecule has 0 radical (unpaired) electrons. The molecule has 0 bridgehead atoms. The first-order valence-corrected chi connectivity index (χ1v) is 23.7. The standard InChI is InChI=1S/C66H45N3/c1-6-17-46(18-7-1)48-19-16-20-49(41-48)51-32-38-64-60(43-51)62-45-53(34-40-66(62)69(64)57-27-14-5-15-28-57)52-33-39-65-61(44-52)59-42-50(31-37-63(59)68(65)56-25-12-4-13-26-56)47-29-35-58(36-30-47)67(54-21-8-2-9-22-54)55-23-10-3-11-24-55/h1-45H. The summed E-state index contributed by atoms with van der Waals surface area (Å²) in [6.07, 6.45) is 0. The van der Waals surface area contributed by atoms with E-state index in [1.807, 2.05) is 0 Å². The quantitative estimate of drug-likeness (QED) is 0.141. The van der Waals surface area contributed by atoms with Gasteiger partial charge in [-0.15, -0.1) is 0 Å². The van der Waals surface area contributed by atoms with Crippen molar-refractivity contribution in [3.8, 4) is 55.9 Å². The topological polar surface area (TPSA) is 13.1 Å². The molecule has 0 spiro atoms. The van der Waals surface area contributed by atoms with E-state index in [-0.39, 0.29) is 0 Å². The lowest BCUT2D eigenvalue weighted by atomic mass is 9.97. The van der Waals surface area contributed by atoms with E-state index in [0.29, 0.717) is 0 Å². The summed E-state index contributed by atoms with van der Waals surface area (Å²) in [6.45, 7) is 0. The van der Waals surface area contributed by atoms with Crippen molar-refractivity contribution in [3.05, 3.63) is 273 Å². The zero-order valence-electron chi connectivity index (χ0n) is 37.8. The molecule has 324 valence electrons. The summed E-state index contributed by atoms with van der Waals surface area (Å²) in [5.74, 6) is 0. The smallest absolute Gasteiger partial charge is 0.0541 e. The Morgan fingerprint density at radius 3 is 0.884 bits per heavy atom. The van der Waals surface area contributed by atoms with E-state index in [0.717, 1.165) is 28.4 Å². The molecular formula is C66H45N3. The molecule has 0 aliphatic carbocycles. The third-order valence-electron chi connectivity index (χ3n) is 13.7. The maximum absolute atomic E-state index is 2.41. The number of fused-ring (bicyclic) bond motifs is 6. The van der Waals surface area contributed by atoms with Gasteiger partial charge >= 0.3 is 0 Å². The number of nitrogens with zero attached hydrogens (tertiary/aromatic N) is 3. The fraction of sp³-hybridized carbons (Fsp3) is 0. The summed E-state index contributed by atoms with van der Waals surface area (Å²) in [5.41, 5.74) is 19.9. The number of aromatic nitrogens is 2. The molecule has 0 N–H and O–H groups in total. The van der Waals surface area contributed by atoms with Crippen molar-refractivity contribution in [2.45, 2.75) is 0 Å². The molecule has 0 atom stereocenters. The van der Waals surface area contributed by atoms with Gasteiger partial charge in [0.2, 0.25) is 0 Å². The highest BCUT2D eigenvalue weighted by atomic mass is 15.1. The van der Waals surface area contributed by atoms with Crippen molar-refractivity contribution in [2.24, 2.45) is 0 Å². The molecule has 0 fully saturated rings. The molecule has 0 aliphatic heterocycles. The number of rotatable bonds is 9. The zero-order valence-corrected chi connectivity index (χ0v) is 37.8. The Labute approximate surface area is 401 Å². The number of hydrogen-bond donors (Lipinski definition) is 0. The van der Waals surface area contributed by atoms with E-state index in [1.165, 1.54) is 88.1 Å². The lowest BCUT2D eigenvalue weighted by Crippen LogP contribution is -2.09. The third-order valence-corrected chi connectivity index (χ3v) is 13.7. The fourth-order valence-electron chi connectivity index (χ4n) is 10.4. The van der Waals surface area contributed by atoms with Gasteiger partial charge in [-0.2, -0.15) is 0 Å². The van der Waals surface area contributed by atoms with Crippen LogP contribution in [0.1, 0.15) is 0 Å². The largest absolute Gasteiger partial charge is 0.311 e. The number of benzene rings is 11. The van der Waals surface area contributed by atoms with E-state index >= 15 is 0 Å². The second-order valence-electron chi connectivity index (χ2n) is 17.8. The predicted molar refractivity (Wildman–Crippen MR) is 292 cm³/mol. The average molecular weight is 880 g/mol. The van der Waals surface area contributed by atoms with Crippen LogP contribution in [0.5, 0.6) is 0 Å². The highest BCUT2D eigenvalue weighted by Gasteiger charge is 2.19. The molecule has 0 saturated carbocycles. The average Bonchev–Trinajstić information content (AvgIpc) is 3.94. The van der Waals surface area contributed by atoms with Crippen LogP contribution in [0.15, 0.2) is 273 Å². The summed E-state index contributed by atoms with van der Waals surface area (Å²) in [4.78, 5) is 2.31. The van der Waals surface area contributed by atoms with Crippen molar-refractivity contribution < 1.29 is 0 Å². The molecule has 3 heteroatoms. The summed E-state index contributed by atoms with van der Waals surface area (Å²) >= 11 is 0. The van der Waals surface area contributed by atoms with E-state index in [1.54, 1.807) is 0 Å². The van der Waals surface area contributed by atoms with Gasteiger partial charge in [-0.25, -0.2) is 0 Å². The first kappa shape index (κ1) is 40.1. The van der Waals surface area contributed by atoms with Crippen LogP contribution in [0.2, 0.25) is 0 Å². The number of anilines is 3. The van der Waals surface area contributed by atoms with Gasteiger partial charge in [0, 0.05) is 50.0 Å². The molecule has 0 amide bonds. The predicted octanol–water partition coefficient (Wildman–Crippen LogP) is 18.0. The second-order valence-corrected chi connectivity index (χ2v) is 17.8. The van der Waals surface area contributed by atoms with Crippen molar-refractivity contribution in [3.63, 3.8) is 0 Å². The normalized spacial score (nSPS) is 11.5. The first-order valence-electron chi connectivity index (χ1n) is 23.7. The monoisotopic (exact) mass is 879 g/mol. The minimum absolute atomic E-state index is 1.11. The van der Waals surface area contributed by atoms with Gasteiger partial charge < -0.3 is 14.0 Å². The van der Waals surface area contributed by atoms with Crippen LogP contribution < -0.4 is 4.90 Å². The maximum Gasteiger partial charge on any atom is 0.0541 e. The van der Waals surface area contributed by atoms with Gasteiger partial charge in [-0.1, -0.05) is 158 Å². The van der Waals surface area contributed by atoms with Crippen molar-refractivity contribution >= 4 is 60.7 Å². The van der Waals surface area contributed by atoms with Gasteiger partial charge in [-0.3, -0.25) is 0 Å². The molecule has 69 heavy (non-hydrogen) atoms. The number of hydrogen-bond acceptors (Lipinski definition) is 1. The summed E-state index contributed by atoms with van der Waals surface area (Å²) in [6, 6.07) is 99.1. The van der Waals surface area contributed by atoms with E-state index in [2.05, 4.69) is 287 Å². The summed E-state index contributed by atoms with van der Waals surface area (Å²) in [7, 11) is 0. The highest BCUT2D eigenvalue weighted by molar-refractivity contribution is 6.14. The van der Waals surface area contributed by atoms with Gasteiger partial charge in [0.1, 0.15) is 0 Å². The van der Waals surface area contributed by atoms with E-state index in [9.17, 15) is 0 Å². The lowest BCUT2D eigenvalue weighted by Gasteiger charge is -2.25. The van der Waals surface area contributed by atoms with Gasteiger partial charge in [-0.05, 0) is 160 Å². The first-order chi connectivity index (χ1) is 34.2. The molecule has 13 aromatic rings. The minimum Gasteiger partial charge on any atom is -0.311 e. The Morgan fingerprint density at radius 2 is 0.478 bits per heavy atom. The summed E-state index contributed by atoms with van der Waals surface area (Å²) < 4.78 is 4.81. The lowest BCUT2D eigenvalue weighted by molar-refractivity contribution is 1.18. The molecule has 2 heterocycles. The minimum atomic E-state index is 1.11. The van der Waals surface area contributed by atoms with Crippen molar-refractivity contribution in [1.82, 2.24) is 9.13 Å². The Bertz CT molecular complexity index is 3930. The number of para-hydroxylation sites is 4. The zero-order chi connectivity index (χ0) is 45.7.